The maximum atomic E-state index is 13.5. The van der Waals surface area contributed by atoms with Gasteiger partial charge < -0.3 is 5.32 Å². The fraction of sp³-hybridized carbons (Fsp3) is 0.357. The number of rotatable bonds is 5. The van der Waals surface area contributed by atoms with Crippen LogP contribution in [-0.4, -0.2) is 31.5 Å². The maximum absolute atomic E-state index is 13.5. The molecular formula is C14H16BrFN2O2S. The van der Waals surface area contributed by atoms with Gasteiger partial charge in [-0.2, -0.15) is 0 Å². The zero-order chi connectivity index (χ0) is 15.6. The molecule has 1 unspecified atom stereocenters. The first-order valence-electron chi connectivity index (χ1n) is 6.45. The first kappa shape index (κ1) is 16.2. The third-order valence-electron chi connectivity index (χ3n) is 3.05. The number of aromatic nitrogens is 1. The van der Waals surface area contributed by atoms with Crippen LogP contribution in [0.1, 0.15) is 13.3 Å². The zero-order valence-electron chi connectivity index (χ0n) is 11.7. The topological polar surface area (TPSA) is 59.1 Å². The SMILES string of the molecule is CC(CCS(C)(=O)=O)Nc1ccc2cc(Br)c(F)cc2n1. The molecule has 21 heavy (non-hydrogen) atoms. The smallest absolute Gasteiger partial charge is 0.147 e. The summed E-state index contributed by atoms with van der Waals surface area (Å²) < 4.78 is 36.2. The summed E-state index contributed by atoms with van der Waals surface area (Å²) in [6.07, 6.45) is 1.71. The van der Waals surface area contributed by atoms with Gasteiger partial charge in [-0.25, -0.2) is 17.8 Å². The van der Waals surface area contributed by atoms with Gasteiger partial charge in [0.05, 0.1) is 15.7 Å². The first-order valence-corrected chi connectivity index (χ1v) is 9.30. The molecule has 0 aliphatic rings. The molecule has 0 aliphatic carbocycles. The van der Waals surface area contributed by atoms with E-state index in [4.69, 9.17) is 0 Å². The highest BCUT2D eigenvalue weighted by molar-refractivity contribution is 9.10. The van der Waals surface area contributed by atoms with Crippen LogP contribution in [-0.2, 0) is 9.84 Å². The Bertz CT molecular complexity index is 765. The molecule has 0 radical (unpaired) electrons. The van der Waals surface area contributed by atoms with Crippen LogP contribution in [0.4, 0.5) is 10.2 Å². The Morgan fingerprint density at radius 1 is 1.38 bits per heavy atom. The molecule has 1 aromatic heterocycles. The van der Waals surface area contributed by atoms with E-state index in [0.29, 0.717) is 22.2 Å². The van der Waals surface area contributed by atoms with E-state index in [1.54, 1.807) is 12.1 Å². The molecule has 0 aliphatic heterocycles. The van der Waals surface area contributed by atoms with E-state index in [2.05, 4.69) is 26.2 Å². The molecule has 114 valence electrons. The minimum absolute atomic E-state index is 0.0371. The second-order valence-corrected chi connectivity index (χ2v) is 8.23. The van der Waals surface area contributed by atoms with Gasteiger partial charge in [-0.3, -0.25) is 0 Å². The highest BCUT2D eigenvalue weighted by Crippen LogP contribution is 2.23. The summed E-state index contributed by atoms with van der Waals surface area (Å²) in [5.41, 5.74) is 0.552. The van der Waals surface area contributed by atoms with Crippen LogP contribution >= 0.6 is 15.9 Å². The van der Waals surface area contributed by atoms with Crippen LogP contribution in [0.25, 0.3) is 10.9 Å². The molecule has 2 aromatic rings. The third kappa shape index (κ3) is 4.64. The molecule has 2 rings (SSSR count). The number of sulfone groups is 1. The van der Waals surface area contributed by atoms with Crippen LogP contribution in [0.2, 0.25) is 0 Å². The molecule has 0 amide bonds. The van der Waals surface area contributed by atoms with E-state index in [1.165, 1.54) is 12.3 Å². The molecule has 1 atom stereocenters. The Hall–Kier alpha value is -1.21. The molecule has 0 saturated carbocycles. The summed E-state index contributed by atoms with van der Waals surface area (Å²) in [5.74, 6) is 0.360. The number of pyridine rings is 1. The Kier molecular flexibility index (Phi) is 4.83. The van der Waals surface area contributed by atoms with Crippen LogP contribution in [0.3, 0.4) is 0 Å². The number of benzene rings is 1. The van der Waals surface area contributed by atoms with Gasteiger partial charge in [-0.15, -0.1) is 0 Å². The summed E-state index contributed by atoms with van der Waals surface area (Å²) >= 11 is 3.14. The van der Waals surface area contributed by atoms with Crippen molar-refractivity contribution >= 4 is 42.5 Å². The fourth-order valence-electron chi connectivity index (χ4n) is 1.91. The van der Waals surface area contributed by atoms with E-state index < -0.39 is 9.84 Å². The molecule has 1 N–H and O–H groups in total. The van der Waals surface area contributed by atoms with Crippen molar-refractivity contribution in [2.24, 2.45) is 0 Å². The van der Waals surface area contributed by atoms with E-state index >= 15 is 0 Å². The lowest BCUT2D eigenvalue weighted by Gasteiger charge is -2.14. The van der Waals surface area contributed by atoms with Crippen molar-refractivity contribution < 1.29 is 12.8 Å². The summed E-state index contributed by atoms with van der Waals surface area (Å²) in [6.45, 7) is 1.89. The van der Waals surface area contributed by atoms with E-state index in [0.717, 1.165) is 5.39 Å². The number of fused-ring (bicyclic) bond motifs is 1. The van der Waals surface area contributed by atoms with Crippen LogP contribution in [0, 0.1) is 5.82 Å². The molecule has 0 saturated heterocycles. The van der Waals surface area contributed by atoms with E-state index in [9.17, 15) is 12.8 Å². The monoisotopic (exact) mass is 374 g/mol. The van der Waals surface area contributed by atoms with Gasteiger partial charge >= 0.3 is 0 Å². The quantitative estimate of drug-likeness (QED) is 0.871. The summed E-state index contributed by atoms with van der Waals surface area (Å²) in [6, 6.07) is 6.65. The number of nitrogens with one attached hydrogen (secondary N) is 1. The van der Waals surface area contributed by atoms with Crippen molar-refractivity contribution in [3.63, 3.8) is 0 Å². The van der Waals surface area contributed by atoms with Gasteiger partial charge in [0.2, 0.25) is 0 Å². The molecule has 4 nitrogen and oxygen atoms in total. The average Bonchev–Trinajstić information content (AvgIpc) is 2.37. The summed E-state index contributed by atoms with van der Waals surface area (Å²) in [5, 5.41) is 3.96. The molecular weight excluding hydrogens is 359 g/mol. The third-order valence-corrected chi connectivity index (χ3v) is 4.63. The molecule has 1 aromatic carbocycles. The number of nitrogens with zero attached hydrogens (tertiary/aromatic N) is 1. The van der Waals surface area contributed by atoms with Crippen molar-refractivity contribution in [2.75, 3.05) is 17.3 Å². The molecule has 0 fully saturated rings. The highest BCUT2D eigenvalue weighted by atomic mass is 79.9. The predicted molar refractivity (Wildman–Crippen MR) is 86.8 cm³/mol. The van der Waals surface area contributed by atoms with Gasteiger partial charge in [0, 0.05) is 23.8 Å². The van der Waals surface area contributed by atoms with Crippen molar-refractivity contribution in [1.82, 2.24) is 4.98 Å². The Morgan fingerprint density at radius 2 is 2.10 bits per heavy atom. The van der Waals surface area contributed by atoms with Crippen molar-refractivity contribution in [2.45, 2.75) is 19.4 Å². The Balaban J connectivity index is 2.14. The van der Waals surface area contributed by atoms with Gasteiger partial charge in [0.15, 0.2) is 0 Å². The molecule has 7 heteroatoms. The normalized spacial score (nSPS) is 13.3. The predicted octanol–water partition coefficient (Wildman–Crippen LogP) is 3.37. The standard InChI is InChI=1S/C14H16BrFN2O2S/c1-9(5-6-21(2,19)20)17-14-4-3-10-7-11(15)12(16)8-13(10)18-14/h3-4,7-9H,5-6H2,1-2H3,(H,17,18). The summed E-state index contributed by atoms with van der Waals surface area (Å²) in [7, 11) is -2.97. The van der Waals surface area contributed by atoms with Crippen molar-refractivity contribution in [1.29, 1.82) is 0 Å². The number of hydrogen-bond acceptors (Lipinski definition) is 4. The van der Waals surface area contributed by atoms with Crippen LogP contribution < -0.4 is 5.32 Å². The van der Waals surface area contributed by atoms with Gasteiger partial charge in [-0.05, 0) is 47.5 Å². The summed E-state index contributed by atoms with van der Waals surface area (Å²) in [4.78, 5) is 4.34. The molecule has 0 spiro atoms. The minimum atomic E-state index is -2.97. The largest absolute Gasteiger partial charge is 0.368 e. The highest BCUT2D eigenvalue weighted by Gasteiger charge is 2.09. The lowest BCUT2D eigenvalue weighted by molar-refractivity contribution is 0.595. The lowest BCUT2D eigenvalue weighted by atomic mass is 10.2. The fourth-order valence-corrected chi connectivity index (χ4v) is 3.06. The second-order valence-electron chi connectivity index (χ2n) is 5.12. The van der Waals surface area contributed by atoms with Gasteiger partial charge in [-0.1, -0.05) is 0 Å². The Labute approximate surface area is 131 Å². The van der Waals surface area contributed by atoms with Crippen LogP contribution in [0.5, 0.6) is 0 Å². The minimum Gasteiger partial charge on any atom is -0.368 e. The molecule has 1 heterocycles. The first-order chi connectivity index (χ1) is 9.74. The van der Waals surface area contributed by atoms with Crippen molar-refractivity contribution in [3.05, 3.63) is 34.6 Å². The zero-order valence-corrected chi connectivity index (χ0v) is 14.1. The molecule has 0 bridgehead atoms. The van der Waals surface area contributed by atoms with E-state index in [1.807, 2.05) is 13.0 Å². The van der Waals surface area contributed by atoms with Crippen molar-refractivity contribution in [3.8, 4) is 0 Å². The van der Waals surface area contributed by atoms with Crippen LogP contribution in [0.15, 0.2) is 28.7 Å². The van der Waals surface area contributed by atoms with Gasteiger partial charge in [0.1, 0.15) is 21.5 Å². The second kappa shape index (κ2) is 6.27. The number of hydrogen-bond donors (Lipinski definition) is 1. The van der Waals surface area contributed by atoms with Gasteiger partial charge in [0.25, 0.3) is 0 Å². The average molecular weight is 375 g/mol. The number of halogens is 2. The lowest BCUT2D eigenvalue weighted by Crippen LogP contribution is -2.20. The van der Waals surface area contributed by atoms with E-state index in [-0.39, 0.29) is 17.6 Å². The number of anilines is 1. The Morgan fingerprint density at radius 3 is 2.76 bits per heavy atom. The maximum Gasteiger partial charge on any atom is 0.147 e.